The molecule has 0 unspecified atom stereocenters. The Balaban J connectivity index is 1.34. The summed E-state index contributed by atoms with van der Waals surface area (Å²) >= 11 is 1.48. The van der Waals surface area contributed by atoms with Gasteiger partial charge in [0.2, 0.25) is 0 Å². The van der Waals surface area contributed by atoms with Gasteiger partial charge in [-0.05, 0) is 23.3 Å². The molecule has 0 saturated heterocycles. The molecule has 0 atom stereocenters. The van der Waals surface area contributed by atoms with E-state index in [4.69, 9.17) is 0 Å². The molecule has 0 spiro atoms. The Morgan fingerprint density at radius 1 is 1.12 bits per heavy atom. The van der Waals surface area contributed by atoms with Gasteiger partial charge in [-0.25, -0.2) is 9.67 Å². The van der Waals surface area contributed by atoms with E-state index in [1.54, 1.807) is 6.20 Å². The fourth-order valence-electron chi connectivity index (χ4n) is 3.43. The van der Waals surface area contributed by atoms with Gasteiger partial charge in [-0.15, -0.1) is 11.3 Å². The standard InChI is InChI=1S/C19H17N5OS/c25-19(23-9-13-6-20-7-14(13)10-23)17-12-26-18(22-17)15-8-21-24(11-15)16-4-2-1-3-5-16/h1-5,8,11-12,20H,6-7,9-10H2. The Morgan fingerprint density at radius 2 is 1.88 bits per heavy atom. The van der Waals surface area contributed by atoms with Crippen LogP contribution in [0.5, 0.6) is 0 Å². The van der Waals surface area contributed by atoms with Crippen LogP contribution in [-0.2, 0) is 0 Å². The van der Waals surface area contributed by atoms with Crippen molar-refractivity contribution in [2.24, 2.45) is 0 Å². The first-order chi connectivity index (χ1) is 12.8. The molecule has 0 radical (unpaired) electrons. The fraction of sp³-hybridized carbons (Fsp3) is 0.211. The van der Waals surface area contributed by atoms with E-state index in [0.29, 0.717) is 5.69 Å². The second kappa shape index (κ2) is 6.19. The average molecular weight is 363 g/mol. The van der Waals surface area contributed by atoms with Crippen molar-refractivity contribution in [3.63, 3.8) is 0 Å². The van der Waals surface area contributed by atoms with E-state index in [0.717, 1.165) is 42.4 Å². The summed E-state index contributed by atoms with van der Waals surface area (Å²) in [6.07, 6.45) is 3.73. The molecule has 0 bridgehead atoms. The Labute approximate surface area is 154 Å². The summed E-state index contributed by atoms with van der Waals surface area (Å²) in [5, 5.41) is 10.4. The molecule has 2 aliphatic heterocycles. The average Bonchev–Trinajstić information content (AvgIpc) is 3.44. The highest BCUT2D eigenvalue weighted by molar-refractivity contribution is 7.13. The zero-order valence-electron chi connectivity index (χ0n) is 14.1. The minimum absolute atomic E-state index is 0.0114. The minimum Gasteiger partial charge on any atom is -0.329 e. The summed E-state index contributed by atoms with van der Waals surface area (Å²) in [6.45, 7) is 3.25. The lowest BCUT2D eigenvalue weighted by atomic mass is 10.2. The van der Waals surface area contributed by atoms with Gasteiger partial charge in [0.1, 0.15) is 10.7 Å². The molecule has 6 nitrogen and oxygen atoms in total. The molecule has 3 aromatic rings. The van der Waals surface area contributed by atoms with Gasteiger partial charge in [0.05, 0.1) is 11.9 Å². The van der Waals surface area contributed by atoms with Gasteiger partial charge in [-0.1, -0.05) is 18.2 Å². The molecule has 5 rings (SSSR count). The summed E-state index contributed by atoms with van der Waals surface area (Å²) in [5.74, 6) is 0.0114. The zero-order chi connectivity index (χ0) is 17.5. The van der Waals surface area contributed by atoms with Crippen LogP contribution in [0.2, 0.25) is 0 Å². The molecule has 26 heavy (non-hydrogen) atoms. The van der Waals surface area contributed by atoms with E-state index in [1.807, 2.05) is 51.5 Å². The van der Waals surface area contributed by atoms with Crippen molar-refractivity contribution in [1.29, 1.82) is 0 Å². The number of aromatic nitrogens is 3. The third-order valence-corrected chi connectivity index (χ3v) is 5.69. The number of thiazole rings is 1. The smallest absolute Gasteiger partial charge is 0.273 e. The van der Waals surface area contributed by atoms with Crippen LogP contribution in [0.1, 0.15) is 10.5 Å². The lowest BCUT2D eigenvalue weighted by Crippen LogP contribution is -2.32. The SMILES string of the molecule is O=C(c1csc(-c2cnn(-c3ccccc3)c2)n1)N1CC2=C(CNC2)C1. The highest BCUT2D eigenvalue weighted by Gasteiger charge is 2.30. The molecular weight excluding hydrogens is 346 g/mol. The maximum Gasteiger partial charge on any atom is 0.273 e. The van der Waals surface area contributed by atoms with Crippen molar-refractivity contribution < 1.29 is 4.79 Å². The Hall–Kier alpha value is -2.77. The third-order valence-electron chi connectivity index (χ3n) is 4.80. The molecule has 0 saturated carbocycles. The van der Waals surface area contributed by atoms with E-state index in [2.05, 4.69) is 15.4 Å². The molecule has 1 aromatic carbocycles. The zero-order valence-corrected chi connectivity index (χ0v) is 14.9. The Morgan fingerprint density at radius 3 is 2.65 bits per heavy atom. The van der Waals surface area contributed by atoms with Gasteiger partial charge in [-0.3, -0.25) is 4.79 Å². The molecule has 0 aliphatic carbocycles. The second-order valence-corrected chi connectivity index (χ2v) is 7.38. The number of nitrogens with zero attached hydrogens (tertiary/aromatic N) is 4. The molecule has 130 valence electrons. The number of hydrogen-bond donors (Lipinski definition) is 1. The summed E-state index contributed by atoms with van der Waals surface area (Å²) in [7, 11) is 0. The predicted molar refractivity (Wildman–Crippen MR) is 100 cm³/mol. The highest BCUT2D eigenvalue weighted by atomic mass is 32.1. The Kier molecular flexibility index (Phi) is 3.69. The van der Waals surface area contributed by atoms with Crippen LogP contribution in [0.25, 0.3) is 16.3 Å². The van der Waals surface area contributed by atoms with Crippen molar-refractivity contribution in [3.8, 4) is 16.3 Å². The first kappa shape index (κ1) is 15.5. The van der Waals surface area contributed by atoms with Gasteiger partial charge < -0.3 is 10.2 Å². The van der Waals surface area contributed by atoms with E-state index in [9.17, 15) is 4.79 Å². The van der Waals surface area contributed by atoms with Crippen LogP contribution in [0.15, 0.2) is 59.3 Å². The molecule has 7 heteroatoms. The number of rotatable bonds is 3. The summed E-state index contributed by atoms with van der Waals surface area (Å²) in [5.41, 5.74) is 5.16. The van der Waals surface area contributed by atoms with Crippen LogP contribution in [0.3, 0.4) is 0 Å². The molecule has 2 aromatic heterocycles. The van der Waals surface area contributed by atoms with E-state index in [1.165, 1.54) is 22.5 Å². The van der Waals surface area contributed by atoms with Gasteiger partial charge in [0.25, 0.3) is 5.91 Å². The van der Waals surface area contributed by atoms with Gasteiger partial charge in [-0.2, -0.15) is 5.10 Å². The normalized spacial score (nSPS) is 16.4. The number of para-hydroxylation sites is 1. The van der Waals surface area contributed by atoms with Crippen LogP contribution in [0.4, 0.5) is 0 Å². The van der Waals surface area contributed by atoms with E-state index >= 15 is 0 Å². The van der Waals surface area contributed by atoms with Crippen molar-refractivity contribution in [3.05, 3.63) is 64.9 Å². The maximum atomic E-state index is 12.8. The van der Waals surface area contributed by atoms with E-state index in [-0.39, 0.29) is 5.91 Å². The van der Waals surface area contributed by atoms with Crippen LogP contribution in [-0.4, -0.2) is 51.8 Å². The minimum atomic E-state index is 0.0114. The summed E-state index contributed by atoms with van der Waals surface area (Å²) in [6, 6.07) is 9.94. The van der Waals surface area contributed by atoms with Crippen molar-refractivity contribution in [1.82, 2.24) is 25.0 Å². The summed E-state index contributed by atoms with van der Waals surface area (Å²) < 4.78 is 1.82. The number of amides is 1. The largest absolute Gasteiger partial charge is 0.329 e. The van der Waals surface area contributed by atoms with Crippen LogP contribution in [0, 0.1) is 0 Å². The molecule has 0 fully saturated rings. The first-order valence-corrected chi connectivity index (χ1v) is 9.41. The number of hydrogen-bond acceptors (Lipinski definition) is 5. The highest BCUT2D eigenvalue weighted by Crippen LogP contribution is 2.27. The quantitative estimate of drug-likeness (QED) is 0.726. The van der Waals surface area contributed by atoms with E-state index < -0.39 is 0 Å². The molecule has 2 aliphatic rings. The summed E-state index contributed by atoms with van der Waals surface area (Å²) in [4.78, 5) is 19.2. The lowest BCUT2D eigenvalue weighted by Gasteiger charge is -2.16. The predicted octanol–water partition coefficient (Wildman–Crippen LogP) is 2.35. The van der Waals surface area contributed by atoms with Gasteiger partial charge in [0, 0.05) is 43.3 Å². The number of carbonyl (C=O) groups excluding carboxylic acids is 1. The topological polar surface area (TPSA) is 63.1 Å². The van der Waals surface area contributed by atoms with Gasteiger partial charge >= 0.3 is 0 Å². The number of benzene rings is 1. The Bertz CT molecular complexity index is 988. The fourth-order valence-corrected chi connectivity index (χ4v) is 4.20. The molecule has 1 amide bonds. The van der Waals surface area contributed by atoms with Crippen molar-refractivity contribution in [2.75, 3.05) is 26.2 Å². The first-order valence-electron chi connectivity index (χ1n) is 8.54. The monoisotopic (exact) mass is 363 g/mol. The molecule has 1 N–H and O–H groups in total. The second-order valence-electron chi connectivity index (χ2n) is 6.52. The van der Waals surface area contributed by atoms with Gasteiger partial charge in [0.15, 0.2) is 0 Å². The maximum absolute atomic E-state index is 12.8. The van der Waals surface area contributed by atoms with Crippen LogP contribution < -0.4 is 5.32 Å². The number of nitrogens with one attached hydrogen (secondary N) is 1. The lowest BCUT2D eigenvalue weighted by molar-refractivity contribution is 0.0789. The number of carbonyl (C=O) groups is 1. The van der Waals surface area contributed by atoms with Crippen molar-refractivity contribution >= 4 is 17.2 Å². The molecular formula is C19H17N5OS. The molecule has 4 heterocycles. The van der Waals surface area contributed by atoms with Crippen molar-refractivity contribution in [2.45, 2.75) is 0 Å². The third kappa shape index (κ3) is 2.65. The van der Waals surface area contributed by atoms with Crippen LogP contribution >= 0.6 is 11.3 Å².